The number of aromatic hydroxyl groups is 1. The van der Waals surface area contributed by atoms with Crippen molar-refractivity contribution in [2.24, 2.45) is 0 Å². The molecule has 0 aliphatic heterocycles. The van der Waals surface area contributed by atoms with Gasteiger partial charge in [-0.3, -0.25) is 0 Å². The smallest absolute Gasteiger partial charge is 0.230 e. The molecule has 0 amide bonds. The van der Waals surface area contributed by atoms with Crippen molar-refractivity contribution < 1.29 is 9.63 Å². The molecule has 1 fully saturated rings. The van der Waals surface area contributed by atoms with Crippen LogP contribution in [0.1, 0.15) is 56.3 Å². The second kappa shape index (κ2) is 4.08. The van der Waals surface area contributed by atoms with Crippen LogP contribution in [-0.4, -0.2) is 15.2 Å². The van der Waals surface area contributed by atoms with Crippen LogP contribution in [0, 0.1) is 0 Å². The molecule has 0 bridgehead atoms. The van der Waals surface area contributed by atoms with Crippen molar-refractivity contribution in [1.82, 2.24) is 10.1 Å². The van der Waals surface area contributed by atoms with E-state index in [9.17, 15) is 5.11 Å². The van der Waals surface area contributed by atoms with Gasteiger partial charge in [0.05, 0.1) is 0 Å². The normalized spacial score (nSPS) is 22.5. The molecule has 0 spiro atoms. The van der Waals surface area contributed by atoms with E-state index in [1.807, 2.05) is 18.2 Å². The Morgan fingerprint density at radius 3 is 2.68 bits per heavy atom. The maximum absolute atomic E-state index is 9.51. The molecular formula is C15H18N2O2. The maximum Gasteiger partial charge on any atom is 0.230 e. The fourth-order valence-electron chi connectivity index (χ4n) is 2.28. The van der Waals surface area contributed by atoms with Gasteiger partial charge in [0.15, 0.2) is 5.82 Å². The van der Waals surface area contributed by atoms with Gasteiger partial charge in [0, 0.05) is 11.3 Å². The minimum atomic E-state index is -0.0862. The third kappa shape index (κ3) is 2.35. The van der Waals surface area contributed by atoms with Crippen molar-refractivity contribution in [3.63, 3.8) is 0 Å². The lowest BCUT2D eigenvalue weighted by molar-refractivity contribution is 0.362. The third-order valence-corrected chi connectivity index (χ3v) is 3.52. The summed E-state index contributed by atoms with van der Waals surface area (Å²) in [6.45, 7) is 6.21. The van der Waals surface area contributed by atoms with E-state index >= 15 is 0 Å². The monoisotopic (exact) mass is 258 g/mol. The van der Waals surface area contributed by atoms with Crippen LogP contribution in [-0.2, 0) is 5.41 Å². The Morgan fingerprint density at radius 1 is 1.26 bits per heavy atom. The molecule has 0 saturated heterocycles. The van der Waals surface area contributed by atoms with Crippen LogP contribution in [0.5, 0.6) is 5.75 Å². The highest BCUT2D eigenvalue weighted by molar-refractivity contribution is 5.35. The van der Waals surface area contributed by atoms with Crippen LogP contribution in [0.4, 0.5) is 0 Å². The Bertz CT molecular complexity index is 598. The van der Waals surface area contributed by atoms with Gasteiger partial charge in [0.25, 0.3) is 0 Å². The number of hydrogen-bond donors (Lipinski definition) is 1. The summed E-state index contributed by atoms with van der Waals surface area (Å²) in [6, 6.07) is 7.40. The Balaban J connectivity index is 1.78. The van der Waals surface area contributed by atoms with Gasteiger partial charge in [-0.25, -0.2) is 0 Å². The minimum absolute atomic E-state index is 0.0862. The highest BCUT2D eigenvalue weighted by Crippen LogP contribution is 2.54. The third-order valence-electron chi connectivity index (χ3n) is 3.52. The van der Waals surface area contributed by atoms with Crippen molar-refractivity contribution in [2.75, 3.05) is 0 Å². The maximum atomic E-state index is 9.51. The number of aromatic nitrogens is 2. The molecule has 4 nitrogen and oxygen atoms in total. The summed E-state index contributed by atoms with van der Waals surface area (Å²) < 4.78 is 5.37. The second-order valence-corrected chi connectivity index (χ2v) is 6.25. The molecule has 3 rings (SSSR count). The first kappa shape index (κ1) is 12.2. The van der Waals surface area contributed by atoms with E-state index in [1.54, 1.807) is 6.07 Å². The zero-order valence-corrected chi connectivity index (χ0v) is 11.4. The molecule has 2 aromatic rings. The topological polar surface area (TPSA) is 59.2 Å². The quantitative estimate of drug-likeness (QED) is 0.897. The van der Waals surface area contributed by atoms with E-state index in [0.29, 0.717) is 17.6 Å². The van der Waals surface area contributed by atoms with E-state index in [2.05, 4.69) is 30.9 Å². The Labute approximate surface area is 112 Å². The van der Waals surface area contributed by atoms with Crippen LogP contribution >= 0.6 is 0 Å². The lowest BCUT2D eigenvalue weighted by Gasteiger charge is -2.10. The van der Waals surface area contributed by atoms with Crippen molar-refractivity contribution in [2.45, 2.75) is 44.4 Å². The fourth-order valence-corrected chi connectivity index (χ4v) is 2.28. The molecule has 0 radical (unpaired) electrons. The first-order chi connectivity index (χ1) is 8.95. The van der Waals surface area contributed by atoms with Crippen molar-refractivity contribution >= 4 is 0 Å². The molecule has 1 N–H and O–H groups in total. The lowest BCUT2D eigenvalue weighted by Crippen LogP contribution is -2.13. The van der Waals surface area contributed by atoms with Gasteiger partial charge in [-0.2, -0.15) is 4.98 Å². The summed E-state index contributed by atoms with van der Waals surface area (Å²) in [4.78, 5) is 4.50. The van der Waals surface area contributed by atoms with Gasteiger partial charge in [-0.05, 0) is 30.0 Å². The van der Waals surface area contributed by atoms with Crippen LogP contribution in [0.2, 0.25) is 0 Å². The summed E-state index contributed by atoms with van der Waals surface area (Å²) in [5.74, 6) is 2.47. The Hall–Kier alpha value is -1.84. The van der Waals surface area contributed by atoms with E-state index in [-0.39, 0.29) is 5.41 Å². The lowest BCUT2D eigenvalue weighted by atomic mass is 9.96. The SMILES string of the molecule is CC(C)(C)c1noc([C@@H]2C[C@H]2c2cccc(O)c2)n1. The van der Waals surface area contributed by atoms with E-state index < -0.39 is 0 Å². The van der Waals surface area contributed by atoms with Crippen LogP contribution in [0.3, 0.4) is 0 Å². The number of benzene rings is 1. The molecular weight excluding hydrogens is 240 g/mol. The molecule has 1 heterocycles. The number of rotatable bonds is 2. The Morgan fingerprint density at radius 2 is 2.05 bits per heavy atom. The summed E-state index contributed by atoms with van der Waals surface area (Å²) in [6.07, 6.45) is 1.01. The zero-order chi connectivity index (χ0) is 13.6. The zero-order valence-electron chi connectivity index (χ0n) is 11.4. The Kier molecular flexibility index (Phi) is 2.62. The summed E-state index contributed by atoms with van der Waals surface area (Å²) in [7, 11) is 0. The van der Waals surface area contributed by atoms with Crippen LogP contribution < -0.4 is 0 Å². The first-order valence-electron chi connectivity index (χ1n) is 6.58. The average Bonchev–Trinajstić information content (AvgIpc) is 2.96. The highest BCUT2D eigenvalue weighted by Gasteiger charge is 2.44. The van der Waals surface area contributed by atoms with Gasteiger partial charge in [0.2, 0.25) is 5.89 Å². The molecule has 100 valence electrons. The number of phenolic OH excluding ortho intramolecular Hbond substituents is 1. The molecule has 0 unspecified atom stereocenters. The van der Waals surface area contributed by atoms with Crippen molar-refractivity contribution in [3.05, 3.63) is 41.5 Å². The molecule has 19 heavy (non-hydrogen) atoms. The van der Waals surface area contributed by atoms with Gasteiger partial charge >= 0.3 is 0 Å². The molecule has 1 aromatic heterocycles. The van der Waals surface area contributed by atoms with Gasteiger partial charge in [0.1, 0.15) is 5.75 Å². The predicted molar refractivity (Wildman–Crippen MR) is 71.2 cm³/mol. The second-order valence-electron chi connectivity index (χ2n) is 6.25. The minimum Gasteiger partial charge on any atom is -0.508 e. The number of phenols is 1. The molecule has 1 aliphatic carbocycles. The summed E-state index contributed by atoms with van der Waals surface area (Å²) in [5, 5.41) is 13.6. The highest BCUT2D eigenvalue weighted by atomic mass is 16.5. The van der Waals surface area contributed by atoms with E-state index in [1.165, 1.54) is 0 Å². The van der Waals surface area contributed by atoms with Gasteiger partial charge < -0.3 is 9.63 Å². The van der Waals surface area contributed by atoms with Gasteiger partial charge in [-0.15, -0.1) is 0 Å². The van der Waals surface area contributed by atoms with Crippen LogP contribution in [0.25, 0.3) is 0 Å². The van der Waals surface area contributed by atoms with E-state index in [0.717, 1.165) is 23.7 Å². The van der Waals surface area contributed by atoms with E-state index in [4.69, 9.17) is 4.52 Å². The summed E-state index contributed by atoms with van der Waals surface area (Å²) in [5.41, 5.74) is 1.05. The van der Waals surface area contributed by atoms with Crippen LogP contribution in [0.15, 0.2) is 28.8 Å². The molecule has 1 saturated carbocycles. The average molecular weight is 258 g/mol. The molecule has 2 atom stereocenters. The standard InChI is InChI=1S/C15H18N2O2/c1-15(2,3)14-16-13(19-17-14)12-8-11(12)9-5-4-6-10(18)7-9/h4-7,11-12,18H,8H2,1-3H3/t11-,12+/m0/s1. The molecule has 1 aromatic carbocycles. The molecule has 1 aliphatic rings. The number of hydrogen-bond acceptors (Lipinski definition) is 4. The van der Waals surface area contributed by atoms with Gasteiger partial charge in [-0.1, -0.05) is 38.1 Å². The summed E-state index contributed by atoms with van der Waals surface area (Å²) >= 11 is 0. The number of nitrogens with zero attached hydrogens (tertiary/aromatic N) is 2. The first-order valence-corrected chi connectivity index (χ1v) is 6.58. The largest absolute Gasteiger partial charge is 0.508 e. The molecule has 4 heteroatoms. The van der Waals surface area contributed by atoms with Crippen molar-refractivity contribution in [1.29, 1.82) is 0 Å². The fraction of sp³-hybridized carbons (Fsp3) is 0.467. The predicted octanol–water partition coefficient (Wildman–Crippen LogP) is 3.34. The van der Waals surface area contributed by atoms with Crippen molar-refractivity contribution in [3.8, 4) is 5.75 Å².